The fraction of sp³-hybridized carbons (Fsp3) is 0.750. The van der Waals surface area contributed by atoms with Crippen molar-refractivity contribution in [1.82, 2.24) is 9.97 Å². The summed E-state index contributed by atoms with van der Waals surface area (Å²) < 4.78 is 0. The molecule has 0 spiro atoms. The Morgan fingerprint density at radius 1 is 1.17 bits per heavy atom. The van der Waals surface area contributed by atoms with Crippen molar-refractivity contribution in [1.29, 1.82) is 0 Å². The maximum atomic E-state index is 11.7. The van der Waals surface area contributed by atoms with Crippen molar-refractivity contribution in [2.24, 2.45) is 0 Å². The Kier molecular flexibility index (Phi) is 4.93. The van der Waals surface area contributed by atoms with Gasteiger partial charge in [0.05, 0.1) is 4.92 Å². The van der Waals surface area contributed by atoms with Gasteiger partial charge in [-0.15, -0.1) is 0 Å². The molecule has 0 bridgehead atoms. The van der Waals surface area contributed by atoms with Crippen LogP contribution in [-0.2, 0) is 0 Å². The highest BCUT2D eigenvalue weighted by atomic mass is 16.6. The lowest BCUT2D eigenvalue weighted by Gasteiger charge is -2.34. The summed E-state index contributed by atoms with van der Waals surface area (Å²) in [6.45, 7) is 2.93. The number of piperidine rings is 1. The van der Waals surface area contributed by atoms with Gasteiger partial charge in [-0.1, -0.05) is 19.3 Å². The first-order valence-electron chi connectivity index (χ1n) is 8.69. The molecule has 2 heterocycles. The minimum atomic E-state index is -0.332. The van der Waals surface area contributed by atoms with E-state index in [1.165, 1.54) is 32.0 Å². The zero-order valence-electron chi connectivity index (χ0n) is 13.7. The summed E-state index contributed by atoms with van der Waals surface area (Å²) in [6, 6.07) is 0.559. The molecule has 1 atom stereocenters. The van der Waals surface area contributed by atoms with E-state index in [1.807, 2.05) is 0 Å². The van der Waals surface area contributed by atoms with Gasteiger partial charge in [-0.05, 0) is 39.0 Å². The van der Waals surface area contributed by atoms with E-state index in [9.17, 15) is 10.1 Å². The SMILES string of the molecule is CC1CCCCN1c1ncnc(NC2CCCCC2)c1[N+](=O)[O-]. The van der Waals surface area contributed by atoms with Crippen LogP contribution >= 0.6 is 0 Å². The van der Waals surface area contributed by atoms with Gasteiger partial charge in [0.2, 0.25) is 11.6 Å². The van der Waals surface area contributed by atoms with Crippen molar-refractivity contribution >= 4 is 17.3 Å². The number of aromatic nitrogens is 2. The number of nitrogens with one attached hydrogen (secondary N) is 1. The first-order chi connectivity index (χ1) is 11.2. The standard InChI is InChI=1S/C16H25N5O2/c1-12-7-5-6-10-20(12)16-14(21(22)23)15(17-11-18-16)19-13-8-3-2-4-9-13/h11-13H,2-10H2,1H3,(H,17,18,19). The van der Waals surface area contributed by atoms with Crippen molar-refractivity contribution < 1.29 is 4.92 Å². The molecule has 1 aliphatic carbocycles. The topological polar surface area (TPSA) is 84.2 Å². The maximum absolute atomic E-state index is 11.7. The van der Waals surface area contributed by atoms with E-state index in [1.54, 1.807) is 0 Å². The maximum Gasteiger partial charge on any atom is 0.353 e. The lowest BCUT2D eigenvalue weighted by molar-refractivity contribution is -0.383. The van der Waals surface area contributed by atoms with Crippen molar-refractivity contribution in [3.05, 3.63) is 16.4 Å². The minimum Gasteiger partial charge on any atom is -0.361 e. The summed E-state index contributed by atoms with van der Waals surface area (Å²) in [5.41, 5.74) is 0.0341. The molecule has 2 fully saturated rings. The summed E-state index contributed by atoms with van der Waals surface area (Å²) in [7, 11) is 0. The molecule has 1 aliphatic heterocycles. The quantitative estimate of drug-likeness (QED) is 0.675. The van der Waals surface area contributed by atoms with Gasteiger partial charge in [0.25, 0.3) is 0 Å². The third-order valence-corrected chi connectivity index (χ3v) is 5.01. The van der Waals surface area contributed by atoms with Gasteiger partial charge < -0.3 is 10.2 Å². The second-order valence-corrected chi connectivity index (χ2v) is 6.67. The first kappa shape index (κ1) is 16.0. The monoisotopic (exact) mass is 319 g/mol. The zero-order chi connectivity index (χ0) is 16.2. The molecule has 0 amide bonds. The molecule has 0 radical (unpaired) electrons. The molecule has 7 heteroatoms. The van der Waals surface area contributed by atoms with Crippen LogP contribution in [0, 0.1) is 10.1 Å². The van der Waals surface area contributed by atoms with E-state index < -0.39 is 0 Å². The number of nitro groups is 1. The van der Waals surface area contributed by atoms with E-state index >= 15 is 0 Å². The van der Waals surface area contributed by atoms with Crippen LogP contribution in [0.5, 0.6) is 0 Å². The number of hydrogen-bond acceptors (Lipinski definition) is 6. The lowest BCUT2D eigenvalue weighted by atomic mass is 9.95. The van der Waals surface area contributed by atoms with Crippen LogP contribution in [0.4, 0.5) is 17.3 Å². The molecule has 1 unspecified atom stereocenters. The minimum absolute atomic E-state index is 0.0341. The molecule has 1 N–H and O–H groups in total. The second kappa shape index (κ2) is 7.10. The van der Waals surface area contributed by atoms with Gasteiger partial charge >= 0.3 is 5.69 Å². The van der Waals surface area contributed by atoms with Crippen LogP contribution in [0.2, 0.25) is 0 Å². The van der Waals surface area contributed by atoms with Crippen molar-refractivity contribution in [2.75, 3.05) is 16.8 Å². The first-order valence-corrected chi connectivity index (χ1v) is 8.69. The Labute approximate surface area is 136 Å². The van der Waals surface area contributed by atoms with Gasteiger partial charge in [-0.25, -0.2) is 9.97 Å². The van der Waals surface area contributed by atoms with Gasteiger partial charge in [0.1, 0.15) is 6.33 Å². The Hall–Kier alpha value is -1.92. The summed E-state index contributed by atoms with van der Waals surface area (Å²) in [4.78, 5) is 21.9. The molecule has 1 saturated heterocycles. The fourth-order valence-electron chi connectivity index (χ4n) is 3.71. The Morgan fingerprint density at radius 2 is 1.91 bits per heavy atom. The molecule has 1 saturated carbocycles. The highest BCUT2D eigenvalue weighted by Gasteiger charge is 2.31. The predicted octanol–water partition coefficient (Wildman–Crippen LogP) is 3.51. The molecular formula is C16H25N5O2. The zero-order valence-corrected chi connectivity index (χ0v) is 13.7. The van der Waals surface area contributed by atoms with Crippen molar-refractivity contribution in [3.63, 3.8) is 0 Å². The van der Waals surface area contributed by atoms with Crippen molar-refractivity contribution in [3.8, 4) is 0 Å². The Bertz CT molecular complexity index is 559. The summed E-state index contributed by atoms with van der Waals surface area (Å²) in [5.74, 6) is 0.847. The van der Waals surface area contributed by atoms with Crippen LogP contribution in [0.3, 0.4) is 0 Å². The number of anilines is 2. The summed E-state index contributed by atoms with van der Waals surface area (Å²) >= 11 is 0. The predicted molar refractivity (Wildman–Crippen MR) is 89.8 cm³/mol. The highest BCUT2D eigenvalue weighted by Crippen LogP contribution is 2.36. The Morgan fingerprint density at radius 3 is 2.61 bits per heavy atom. The molecule has 0 aromatic carbocycles. The average molecular weight is 319 g/mol. The number of rotatable bonds is 4. The number of hydrogen-bond donors (Lipinski definition) is 1. The third-order valence-electron chi connectivity index (χ3n) is 5.01. The van der Waals surface area contributed by atoms with Gasteiger partial charge in [-0.2, -0.15) is 0 Å². The highest BCUT2D eigenvalue weighted by molar-refractivity contribution is 5.70. The van der Waals surface area contributed by atoms with E-state index in [0.29, 0.717) is 11.6 Å². The lowest BCUT2D eigenvalue weighted by Crippen LogP contribution is -2.38. The molecular weight excluding hydrogens is 294 g/mol. The summed E-state index contributed by atoms with van der Waals surface area (Å²) in [5, 5.41) is 15.0. The van der Waals surface area contributed by atoms with E-state index in [0.717, 1.165) is 32.2 Å². The van der Waals surface area contributed by atoms with Crippen LogP contribution in [0.15, 0.2) is 6.33 Å². The molecule has 1 aromatic rings. The average Bonchev–Trinajstić information content (AvgIpc) is 2.56. The van der Waals surface area contributed by atoms with E-state index in [2.05, 4.69) is 27.1 Å². The van der Waals surface area contributed by atoms with E-state index in [-0.39, 0.29) is 22.7 Å². The largest absolute Gasteiger partial charge is 0.361 e. The Balaban J connectivity index is 1.90. The summed E-state index contributed by atoms with van der Waals surface area (Å²) in [6.07, 6.45) is 10.4. The fourth-order valence-corrected chi connectivity index (χ4v) is 3.71. The van der Waals surface area contributed by atoms with E-state index in [4.69, 9.17) is 0 Å². The van der Waals surface area contributed by atoms with Crippen LogP contribution in [0.25, 0.3) is 0 Å². The molecule has 126 valence electrons. The molecule has 1 aromatic heterocycles. The van der Waals surface area contributed by atoms with Crippen LogP contribution in [-0.4, -0.2) is 33.5 Å². The van der Waals surface area contributed by atoms with Crippen LogP contribution < -0.4 is 10.2 Å². The normalized spacial score (nSPS) is 22.8. The molecule has 7 nitrogen and oxygen atoms in total. The van der Waals surface area contributed by atoms with Crippen molar-refractivity contribution in [2.45, 2.75) is 70.4 Å². The van der Waals surface area contributed by atoms with Gasteiger partial charge in [0.15, 0.2) is 0 Å². The molecule has 3 rings (SSSR count). The molecule has 2 aliphatic rings. The van der Waals surface area contributed by atoms with Crippen LogP contribution in [0.1, 0.15) is 58.3 Å². The third kappa shape index (κ3) is 3.54. The van der Waals surface area contributed by atoms with Gasteiger partial charge in [-0.3, -0.25) is 10.1 Å². The van der Waals surface area contributed by atoms with Gasteiger partial charge in [0, 0.05) is 18.6 Å². The molecule has 23 heavy (non-hydrogen) atoms. The number of nitrogens with zero attached hydrogens (tertiary/aromatic N) is 4. The second-order valence-electron chi connectivity index (χ2n) is 6.67. The smallest absolute Gasteiger partial charge is 0.353 e.